The Morgan fingerprint density at radius 1 is 1.20 bits per heavy atom. The fourth-order valence-corrected chi connectivity index (χ4v) is 5.41. The van der Waals surface area contributed by atoms with E-state index < -0.39 is 0 Å². The fourth-order valence-electron chi connectivity index (χ4n) is 4.06. The standard InChI is InChI=1S/C22H24N4O3S/c1-25-9-11-26(12-10-25)19-18(27)8-7-16-17(13-23)22(30-20(16)19)24-21(28)14-3-5-15(29-2)6-4-14/h3-6,19H,7-12H2,1-2H3,(H,24,28). The van der Waals surface area contributed by atoms with Gasteiger partial charge in [0.05, 0.1) is 12.7 Å². The van der Waals surface area contributed by atoms with Gasteiger partial charge in [-0.05, 0) is 43.3 Å². The number of carbonyl (C=O) groups is 2. The van der Waals surface area contributed by atoms with Crippen molar-refractivity contribution < 1.29 is 14.3 Å². The van der Waals surface area contributed by atoms with Gasteiger partial charge in [0.2, 0.25) is 0 Å². The van der Waals surface area contributed by atoms with E-state index in [1.165, 1.54) is 11.3 Å². The van der Waals surface area contributed by atoms with Gasteiger partial charge in [-0.3, -0.25) is 14.5 Å². The normalized spacial score (nSPS) is 19.8. The van der Waals surface area contributed by atoms with Crippen LogP contribution in [0.15, 0.2) is 24.3 Å². The molecule has 1 atom stereocenters. The van der Waals surface area contributed by atoms with E-state index in [9.17, 15) is 14.9 Å². The van der Waals surface area contributed by atoms with E-state index in [1.807, 2.05) is 0 Å². The summed E-state index contributed by atoms with van der Waals surface area (Å²) < 4.78 is 5.13. The first-order valence-electron chi connectivity index (χ1n) is 9.98. The highest BCUT2D eigenvalue weighted by Crippen LogP contribution is 2.43. The molecular weight excluding hydrogens is 400 g/mol. The van der Waals surface area contributed by atoms with Crippen LogP contribution >= 0.6 is 11.3 Å². The van der Waals surface area contributed by atoms with Gasteiger partial charge in [0.1, 0.15) is 22.9 Å². The maximum absolute atomic E-state index is 12.8. The highest BCUT2D eigenvalue weighted by Gasteiger charge is 2.37. The number of piperazine rings is 1. The van der Waals surface area contributed by atoms with Crippen molar-refractivity contribution in [2.45, 2.75) is 18.9 Å². The number of rotatable bonds is 4. The van der Waals surface area contributed by atoms with Crippen molar-refractivity contribution in [1.82, 2.24) is 9.80 Å². The first kappa shape index (κ1) is 20.5. The number of nitriles is 1. The number of anilines is 1. The van der Waals surface area contributed by atoms with Crippen LogP contribution in [0.2, 0.25) is 0 Å². The van der Waals surface area contributed by atoms with E-state index in [4.69, 9.17) is 4.74 Å². The molecule has 0 radical (unpaired) electrons. The number of carbonyl (C=O) groups excluding carboxylic acids is 2. The first-order chi connectivity index (χ1) is 14.5. The first-order valence-corrected chi connectivity index (χ1v) is 10.8. The highest BCUT2D eigenvalue weighted by molar-refractivity contribution is 7.17. The quantitative estimate of drug-likeness (QED) is 0.812. The lowest BCUT2D eigenvalue weighted by atomic mass is 9.90. The molecule has 1 saturated heterocycles. The second kappa shape index (κ2) is 8.56. The molecule has 1 N–H and O–H groups in total. The highest BCUT2D eigenvalue weighted by atomic mass is 32.1. The topological polar surface area (TPSA) is 85.7 Å². The van der Waals surface area contributed by atoms with E-state index >= 15 is 0 Å². The average Bonchev–Trinajstić information content (AvgIpc) is 3.11. The summed E-state index contributed by atoms with van der Waals surface area (Å²) in [6.07, 6.45) is 0.984. The van der Waals surface area contributed by atoms with Crippen molar-refractivity contribution in [3.63, 3.8) is 0 Å². The zero-order valence-corrected chi connectivity index (χ0v) is 17.9. The Balaban J connectivity index is 1.62. The maximum Gasteiger partial charge on any atom is 0.256 e. The predicted molar refractivity (Wildman–Crippen MR) is 115 cm³/mol. The largest absolute Gasteiger partial charge is 0.497 e. The number of hydrogen-bond donors (Lipinski definition) is 1. The fraction of sp³-hybridized carbons (Fsp3) is 0.409. The Bertz CT molecular complexity index is 1000. The molecule has 4 rings (SSSR count). The van der Waals surface area contributed by atoms with Gasteiger partial charge < -0.3 is 15.0 Å². The lowest BCUT2D eigenvalue weighted by Crippen LogP contribution is -2.48. The van der Waals surface area contributed by atoms with Crippen LogP contribution in [0.25, 0.3) is 0 Å². The van der Waals surface area contributed by atoms with Crippen LogP contribution in [-0.2, 0) is 11.2 Å². The third kappa shape index (κ3) is 3.84. The van der Waals surface area contributed by atoms with E-state index in [1.54, 1.807) is 31.4 Å². The molecule has 1 fully saturated rings. The van der Waals surface area contributed by atoms with Crippen molar-refractivity contribution in [2.24, 2.45) is 0 Å². The van der Waals surface area contributed by atoms with Crippen LogP contribution in [0, 0.1) is 11.3 Å². The second-order valence-electron chi connectivity index (χ2n) is 7.65. The molecule has 156 valence electrons. The van der Waals surface area contributed by atoms with Crippen molar-refractivity contribution in [2.75, 3.05) is 45.7 Å². The molecule has 2 aromatic rings. The number of methoxy groups -OCH3 is 1. The summed E-state index contributed by atoms with van der Waals surface area (Å²) in [6.45, 7) is 3.46. The van der Waals surface area contributed by atoms with Crippen LogP contribution in [0.5, 0.6) is 5.75 Å². The molecule has 7 nitrogen and oxygen atoms in total. The molecule has 1 aromatic carbocycles. The van der Waals surface area contributed by atoms with Gasteiger partial charge in [-0.1, -0.05) is 0 Å². The van der Waals surface area contributed by atoms with Crippen LogP contribution in [0.4, 0.5) is 5.00 Å². The number of ether oxygens (including phenoxy) is 1. The van der Waals surface area contributed by atoms with E-state index in [0.29, 0.717) is 34.7 Å². The Morgan fingerprint density at radius 3 is 2.53 bits per heavy atom. The van der Waals surface area contributed by atoms with Gasteiger partial charge >= 0.3 is 0 Å². The van der Waals surface area contributed by atoms with Gasteiger partial charge in [0.15, 0.2) is 5.78 Å². The molecule has 2 aliphatic rings. The number of fused-ring (bicyclic) bond motifs is 1. The Hall–Kier alpha value is -2.73. The molecule has 1 aliphatic carbocycles. The number of nitrogens with zero attached hydrogens (tertiary/aromatic N) is 3. The number of nitrogens with one attached hydrogen (secondary N) is 1. The van der Waals surface area contributed by atoms with Gasteiger partial charge in [-0.15, -0.1) is 11.3 Å². The monoisotopic (exact) mass is 424 g/mol. The third-order valence-corrected chi connectivity index (χ3v) is 7.01. The zero-order chi connectivity index (χ0) is 21.3. The summed E-state index contributed by atoms with van der Waals surface area (Å²) in [5.74, 6) is 0.588. The van der Waals surface area contributed by atoms with E-state index in [0.717, 1.165) is 36.6 Å². The lowest BCUT2D eigenvalue weighted by molar-refractivity contribution is -0.125. The van der Waals surface area contributed by atoms with Crippen LogP contribution < -0.4 is 10.1 Å². The summed E-state index contributed by atoms with van der Waals surface area (Å²) in [5, 5.41) is 13.2. The molecule has 8 heteroatoms. The number of Topliss-reactive ketones (excluding diaryl/α,β-unsaturated/α-hetero) is 1. The number of likely N-dealkylation sites (N-methyl/N-ethyl adjacent to an activating group) is 1. The lowest BCUT2D eigenvalue weighted by Gasteiger charge is -2.38. The molecule has 1 amide bonds. The maximum atomic E-state index is 12.8. The SMILES string of the molecule is COc1ccc(C(=O)Nc2sc3c(c2C#N)CCC(=O)C3N2CCN(C)CC2)cc1. The molecule has 0 bridgehead atoms. The summed E-state index contributed by atoms with van der Waals surface area (Å²) in [7, 11) is 3.65. The molecule has 1 aliphatic heterocycles. The second-order valence-corrected chi connectivity index (χ2v) is 8.70. The minimum atomic E-state index is -0.314. The summed E-state index contributed by atoms with van der Waals surface area (Å²) in [5.41, 5.74) is 1.89. The molecule has 1 unspecified atom stereocenters. The summed E-state index contributed by atoms with van der Waals surface area (Å²) in [6, 6.07) is 8.77. The molecule has 2 heterocycles. The number of thiophene rings is 1. The minimum absolute atomic E-state index is 0.200. The molecule has 0 spiro atoms. The predicted octanol–water partition coefficient (Wildman–Crippen LogP) is 2.68. The van der Waals surface area contributed by atoms with Crippen molar-refractivity contribution >= 4 is 28.0 Å². The minimum Gasteiger partial charge on any atom is -0.497 e. The van der Waals surface area contributed by atoms with Gasteiger partial charge in [-0.25, -0.2) is 0 Å². The van der Waals surface area contributed by atoms with Crippen molar-refractivity contribution in [3.05, 3.63) is 45.8 Å². The van der Waals surface area contributed by atoms with E-state index in [2.05, 4.69) is 28.2 Å². The van der Waals surface area contributed by atoms with Crippen molar-refractivity contribution in [3.8, 4) is 11.8 Å². The zero-order valence-electron chi connectivity index (χ0n) is 17.1. The smallest absolute Gasteiger partial charge is 0.256 e. The molecule has 1 aromatic heterocycles. The van der Waals surface area contributed by atoms with E-state index in [-0.39, 0.29) is 17.7 Å². The molecule has 0 saturated carbocycles. The number of benzene rings is 1. The van der Waals surface area contributed by atoms with Gasteiger partial charge in [-0.2, -0.15) is 5.26 Å². The number of amides is 1. The third-order valence-electron chi connectivity index (χ3n) is 5.81. The number of hydrogen-bond acceptors (Lipinski definition) is 7. The summed E-state index contributed by atoms with van der Waals surface area (Å²) >= 11 is 1.37. The Kier molecular flexibility index (Phi) is 5.86. The van der Waals surface area contributed by atoms with Crippen molar-refractivity contribution in [1.29, 1.82) is 5.26 Å². The summed E-state index contributed by atoms with van der Waals surface area (Å²) in [4.78, 5) is 30.9. The van der Waals surface area contributed by atoms with Gasteiger partial charge in [0, 0.05) is 43.0 Å². The van der Waals surface area contributed by atoms with Crippen LogP contribution in [0.1, 0.15) is 38.8 Å². The van der Waals surface area contributed by atoms with Gasteiger partial charge in [0.25, 0.3) is 5.91 Å². The molecule has 30 heavy (non-hydrogen) atoms. The Labute approximate surface area is 179 Å². The van der Waals surface area contributed by atoms with Crippen LogP contribution in [-0.4, -0.2) is 61.8 Å². The van der Waals surface area contributed by atoms with Crippen LogP contribution in [0.3, 0.4) is 0 Å². The number of ketones is 1. The Morgan fingerprint density at radius 2 is 1.90 bits per heavy atom. The average molecular weight is 425 g/mol. The molecular formula is C22H24N4O3S.